The summed E-state index contributed by atoms with van der Waals surface area (Å²) in [7, 11) is 1.56. The van der Waals surface area contributed by atoms with Crippen LogP contribution in [0.1, 0.15) is 11.1 Å². The molecular formula is C16H15ClF3NO3. The Labute approximate surface area is 142 Å². The molecule has 2 aromatic rings. The van der Waals surface area contributed by atoms with Crippen LogP contribution in [0, 0.1) is 6.92 Å². The largest absolute Gasteiger partial charge is 0.491 e. The van der Waals surface area contributed by atoms with Gasteiger partial charge in [-0.1, -0.05) is 17.7 Å². The van der Waals surface area contributed by atoms with Crippen LogP contribution < -0.4 is 9.47 Å². The minimum absolute atomic E-state index is 0.109. The van der Waals surface area contributed by atoms with Gasteiger partial charge < -0.3 is 14.2 Å². The van der Waals surface area contributed by atoms with Crippen molar-refractivity contribution in [3.8, 4) is 17.4 Å². The van der Waals surface area contributed by atoms with Crippen molar-refractivity contribution in [3.05, 3.63) is 46.6 Å². The van der Waals surface area contributed by atoms with E-state index in [2.05, 4.69) is 4.98 Å². The zero-order valence-corrected chi connectivity index (χ0v) is 13.7. The second-order valence-corrected chi connectivity index (χ2v) is 5.29. The number of benzene rings is 1. The van der Waals surface area contributed by atoms with Crippen LogP contribution in [0.2, 0.25) is 5.02 Å². The quantitative estimate of drug-likeness (QED) is 0.687. The van der Waals surface area contributed by atoms with Gasteiger partial charge in [0.1, 0.15) is 23.1 Å². The summed E-state index contributed by atoms with van der Waals surface area (Å²) in [5.41, 5.74) is -0.180. The number of halogens is 4. The van der Waals surface area contributed by atoms with Crippen molar-refractivity contribution in [2.45, 2.75) is 13.1 Å². The van der Waals surface area contributed by atoms with Crippen LogP contribution in [0.4, 0.5) is 13.2 Å². The lowest BCUT2D eigenvalue weighted by Gasteiger charge is -2.13. The summed E-state index contributed by atoms with van der Waals surface area (Å²) in [6.45, 7) is 2.57. The van der Waals surface area contributed by atoms with Crippen LogP contribution in [0.3, 0.4) is 0 Å². The van der Waals surface area contributed by atoms with E-state index < -0.39 is 11.7 Å². The average Bonchev–Trinajstić information content (AvgIpc) is 2.51. The second-order valence-electron chi connectivity index (χ2n) is 4.88. The lowest BCUT2D eigenvalue weighted by molar-refractivity contribution is -0.137. The first-order valence-electron chi connectivity index (χ1n) is 6.94. The SMILES string of the molecule is COCCOc1ccc(C)c(Oc2ncc(C(F)(F)F)cc2Cl)c1. The highest BCUT2D eigenvalue weighted by Crippen LogP contribution is 2.36. The molecule has 0 spiro atoms. The summed E-state index contributed by atoms with van der Waals surface area (Å²) in [5.74, 6) is 0.816. The monoisotopic (exact) mass is 361 g/mol. The first-order valence-corrected chi connectivity index (χ1v) is 7.32. The van der Waals surface area contributed by atoms with Crippen molar-refractivity contribution in [2.24, 2.45) is 0 Å². The van der Waals surface area contributed by atoms with E-state index in [0.29, 0.717) is 30.9 Å². The lowest BCUT2D eigenvalue weighted by atomic mass is 10.2. The molecule has 0 aliphatic heterocycles. The standard InChI is InChI=1S/C16H15ClF3NO3/c1-10-3-4-12(23-6-5-22-2)8-14(10)24-15-13(17)7-11(9-21-15)16(18,19)20/h3-4,7-9H,5-6H2,1-2H3. The van der Waals surface area contributed by atoms with Gasteiger partial charge in [-0.15, -0.1) is 0 Å². The molecule has 4 nitrogen and oxygen atoms in total. The number of methoxy groups -OCH3 is 1. The molecule has 130 valence electrons. The summed E-state index contributed by atoms with van der Waals surface area (Å²) < 4.78 is 53.8. The van der Waals surface area contributed by atoms with Crippen LogP contribution >= 0.6 is 11.6 Å². The van der Waals surface area contributed by atoms with Gasteiger partial charge in [0.2, 0.25) is 5.88 Å². The summed E-state index contributed by atoms with van der Waals surface area (Å²) in [6.07, 6.45) is -3.84. The molecule has 1 heterocycles. The topological polar surface area (TPSA) is 40.6 Å². The molecule has 0 aliphatic rings. The maximum Gasteiger partial charge on any atom is 0.417 e. The smallest absolute Gasteiger partial charge is 0.417 e. The van der Waals surface area contributed by atoms with E-state index in [4.69, 9.17) is 25.8 Å². The van der Waals surface area contributed by atoms with E-state index >= 15 is 0 Å². The van der Waals surface area contributed by atoms with Gasteiger partial charge in [-0.3, -0.25) is 0 Å². The predicted octanol–water partition coefficient (Wildman–Crippen LogP) is 4.88. The van der Waals surface area contributed by atoms with Crippen molar-refractivity contribution in [3.63, 3.8) is 0 Å². The van der Waals surface area contributed by atoms with E-state index in [9.17, 15) is 13.2 Å². The molecule has 0 atom stereocenters. The minimum atomic E-state index is -4.51. The molecule has 0 unspecified atom stereocenters. The van der Waals surface area contributed by atoms with Gasteiger partial charge in [-0.05, 0) is 24.6 Å². The highest BCUT2D eigenvalue weighted by Gasteiger charge is 2.31. The van der Waals surface area contributed by atoms with Crippen LogP contribution in [0.15, 0.2) is 30.5 Å². The molecule has 0 amide bonds. The second kappa shape index (κ2) is 7.72. The molecular weight excluding hydrogens is 347 g/mol. The third-order valence-corrected chi connectivity index (χ3v) is 3.33. The number of aromatic nitrogens is 1. The molecule has 0 saturated heterocycles. The summed E-state index contributed by atoms with van der Waals surface area (Å²) in [5, 5.41) is -0.227. The number of alkyl halides is 3. The Bertz CT molecular complexity index is 707. The van der Waals surface area contributed by atoms with Crippen molar-refractivity contribution in [1.29, 1.82) is 0 Å². The van der Waals surface area contributed by atoms with Gasteiger partial charge in [0.05, 0.1) is 12.2 Å². The molecule has 0 N–H and O–H groups in total. The Morgan fingerprint density at radius 1 is 1.17 bits per heavy atom. The zero-order valence-electron chi connectivity index (χ0n) is 13.0. The van der Waals surface area contributed by atoms with Crippen LogP contribution in [-0.4, -0.2) is 25.3 Å². The molecule has 0 bridgehead atoms. The molecule has 2 rings (SSSR count). The molecule has 0 aliphatic carbocycles. The first-order chi connectivity index (χ1) is 11.3. The van der Waals surface area contributed by atoms with Gasteiger partial charge in [0, 0.05) is 19.4 Å². The number of pyridine rings is 1. The maximum absolute atomic E-state index is 12.6. The highest BCUT2D eigenvalue weighted by atomic mass is 35.5. The Morgan fingerprint density at radius 3 is 2.54 bits per heavy atom. The molecule has 24 heavy (non-hydrogen) atoms. The third-order valence-electron chi connectivity index (χ3n) is 3.06. The molecule has 0 saturated carbocycles. The molecule has 0 fully saturated rings. The van der Waals surface area contributed by atoms with Crippen molar-refractivity contribution in [2.75, 3.05) is 20.3 Å². The Hall–Kier alpha value is -1.99. The van der Waals surface area contributed by atoms with Crippen LogP contribution in [0.25, 0.3) is 0 Å². The Balaban J connectivity index is 2.19. The zero-order chi connectivity index (χ0) is 17.7. The van der Waals surface area contributed by atoms with E-state index in [0.717, 1.165) is 11.6 Å². The van der Waals surface area contributed by atoms with Gasteiger partial charge >= 0.3 is 6.18 Å². The van der Waals surface area contributed by atoms with E-state index in [1.165, 1.54) is 0 Å². The first kappa shape index (κ1) is 18.4. The fourth-order valence-electron chi connectivity index (χ4n) is 1.78. The summed E-state index contributed by atoms with van der Waals surface area (Å²) in [6, 6.07) is 5.90. The Morgan fingerprint density at radius 2 is 1.92 bits per heavy atom. The Kier molecular flexibility index (Phi) is 5.90. The number of hydrogen-bond acceptors (Lipinski definition) is 4. The summed E-state index contributed by atoms with van der Waals surface area (Å²) >= 11 is 5.84. The highest BCUT2D eigenvalue weighted by molar-refractivity contribution is 6.31. The molecule has 0 radical (unpaired) electrons. The van der Waals surface area contributed by atoms with Crippen molar-refractivity contribution in [1.82, 2.24) is 4.98 Å². The van der Waals surface area contributed by atoms with Gasteiger partial charge in [0.15, 0.2) is 0 Å². The van der Waals surface area contributed by atoms with E-state index in [1.807, 2.05) is 0 Å². The van der Waals surface area contributed by atoms with Crippen molar-refractivity contribution < 1.29 is 27.4 Å². The van der Waals surface area contributed by atoms with E-state index in [1.54, 1.807) is 32.2 Å². The predicted molar refractivity (Wildman–Crippen MR) is 82.9 cm³/mol. The van der Waals surface area contributed by atoms with Crippen LogP contribution in [-0.2, 0) is 10.9 Å². The maximum atomic E-state index is 12.6. The number of rotatable bonds is 6. The fourth-order valence-corrected chi connectivity index (χ4v) is 1.99. The van der Waals surface area contributed by atoms with E-state index in [-0.39, 0.29) is 10.9 Å². The third kappa shape index (κ3) is 4.75. The van der Waals surface area contributed by atoms with Gasteiger partial charge in [0.25, 0.3) is 0 Å². The lowest BCUT2D eigenvalue weighted by Crippen LogP contribution is -2.06. The van der Waals surface area contributed by atoms with Crippen LogP contribution in [0.5, 0.6) is 17.4 Å². The number of ether oxygens (including phenoxy) is 3. The van der Waals surface area contributed by atoms with Crippen molar-refractivity contribution >= 4 is 11.6 Å². The number of nitrogens with zero attached hydrogens (tertiary/aromatic N) is 1. The normalized spacial score (nSPS) is 11.4. The van der Waals surface area contributed by atoms with Gasteiger partial charge in [-0.25, -0.2) is 4.98 Å². The summed E-state index contributed by atoms with van der Waals surface area (Å²) in [4.78, 5) is 3.65. The molecule has 1 aromatic carbocycles. The minimum Gasteiger partial charge on any atom is -0.491 e. The van der Waals surface area contributed by atoms with Gasteiger partial charge in [-0.2, -0.15) is 13.2 Å². The number of aryl methyl sites for hydroxylation is 1. The number of hydrogen-bond donors (Lipinski definition) is 0. The molecule has 1 aromatic heterocycles. The fraction of sp³-hybridized carbons (Fsp3) is 0.312. The average molecular weight is 362 g/mol. The molecule has 8 heteroatoms.